The Morgan fingerprint density at radius 2 is 1.87 bits per heavy atom. The lowest BCUT2D eigenvalue weighted by molar-refractivity contribution is -0.130. The standard InChI is InChI=1S/C22H24F2N4O2/c23-15-3-4-18(17(24)12-15)30-16-5-10-27(11-6-16)20-14-25-19(13-26-20)22(7-8-22)28-9-1-2-21(28)29/h3-4,12-14,16H,1-2,5-11H2. The number of rotatable bonds is 5. The molecule has 3 heterocycles. The highest BCUT2D eigenvalue weighted by molar-refractivity contribution is 5.79. The predicted octanol–water partition coefficient (Wildman–Crippen LogP) is 3.41. The van der Waals surface area contributed by atoms with E-state index in [0.717, 1.165) is 56.5 Å². The van der Waals surface area contributed by atoms with Gasteiger partial charge >= 0.3 is 0 Å². The Morgan fingerprint density at radius 1 is 1.07 bits per heavy atom. The number of likely N-dealkylation sites (tertiary alicyclic amines) is 1. The number of aromatic nitrogens is 2. The molecule has 30 heavy (non-hydrogen) atoms. The van der Waals surface area contributed by atoms with Crippen molar-refractivity contribution in [2.75, 3.05) is 24.5 Å². The molecule has 2 saturated heterocycles. The third-order valence-corrected chi connectivity index (χ3v) is 6.38. The maximum absolute atomic E-state index is 13.8. The van der Waals surface area contributed by atoms with Crippen molar-refractivity contribution in [2.45, 2.75) is 50.2 Å². The van der Waals surface area contributed by atoms with E-state index in [4.69, 9.17) is 4.74 Å². The van der Waals surface area contributed by atoms with Gasteiger partial charge in [-0.2, -0.15) is 0 Å². The van der Waals surface area contributed by atoms with Crippen molar-refractivity contribution < 1.29 is 18.3 Å². The third-order valence-electron chi connectivity index (χ3n) is 6.38. The first-order chi connectivity index (χ1) is 14.5. The van der Waals surface area contributed by atoms with E-state index in [1.807, 2.05) is 11.1 Å². The highest BCUT2D eigenvalue weighted by atomic mass is 19.1. The van der Waals surface area contributed by atoms with Crippen LogP contribution in [0.3, 0.4) is 0 Å². The number of hydrogen-bond donors (Lipinski definition) is 0. The summed E-state index contributed by atoms with van der Waals surface area (Å²) in [4.78, 5) is 25.6. The predicted molar refractivity (Wildman–Crippen MR) is 106 cm³/mol. The second-order valence-electron chi connectivity index (χ2n) is 8.32. The number of hydrogen-bond acceptors (Lipinski definition) is 5. The fourth-order valence-corrected chi connectivity index (χ4v) is 4.56. The van der Waals surface area contributed by atoms with Crippen molar-refractivity contribution >= 4 is 11.7 Å². The Hall–Kier alpha value is -2.77. The van der Waals surface area contributed by atoms with Gasteiger partial charge in [0.05, 0.1) is 23.6 Å². The normalized spacial score (nSPS) is 21.2. The zero-order valence-corrected chi connectivity index (χ0v) is 16.7. The molecule has 1 aromatic carbocycles. The Labute approximate surface area is 173 Å². The number of nitrogens with zero attached hydrogens (tertiary/aromatic N) is 4. The fraction of sp³-hybridized carbons (Fsp3) is 0.500. The van der Waals surface area contributed by atoms with Crippen LogP contribution in [0.15, 0.2) is 30.6 Å². The molecule has 0 N–H and O–H groups in total. The minimum atomic E-state index is -0.677. The largest absolute Gasteiger partial charge is 0.487 e. The van der Waals surface area contributed by atoms with E-state index in [9.17, 15) is 13.6 Å². The molecule has 0 radical (unpaired) electrons. The number of carbonyl (C=O) groups is 1. The van der Waals surface area contributed by atoms with E-state index in [2.05, 4.69) is 14.9 Å². The number of halogens is 2. The molecule has 1 aliphatic carbocycles. The molecule has 3 fully saturated rings. The van der Waals surface area contributed by atoms with Gasteiger partial charge in [-0.25, -0.2) is 13.8 Å². The average Bonchev–Trinajstić information content (AvgIpc) is 3.45. The molecule has 0 unspecified atom stereocenters. The van der Waals surface area contributed by atoms with Crippen LogP contribution in [0.5, 0.6) is 5.75 Å². The van der Waals surface area contributed by atoms with Crippen molar-refractivity contribution in [3.8, 4) is 5.75 Å². The van der Waals surface area contributed by atoms with Crippen LogP contribution in [0.1, 0.15) is 44.2 Å². The van der Waals surface area contributed by atoms with Gasteiger partial charge in [0.2, 0.25) is 5.91 Å². The summed E-state index contributed by atoms with van der Waals surface area (Å²) in [6.45, 7) is 2.25. The molecule has 2 aromatic rings. The zero-order valence-electron chi connectivity index (χ0n) is 16.7. The number of carbonyl (C=O) groups excluding carboxylic acids is 1. The average molecular weight is 414 g/mol. The van der Waals surface area contributed by atoms with Gasteiger partial charge in [-0.1, -0.05) is 0 Å². The SMILES string of the molecule is O=C1CCCN1C1(c2cnc(N3CCC(Oc4ccc(F)cc4F)CC3)cn2)CC1. The van der Waals surface area contributed by atoms with E-state index in [0.29, 0.717) is 19.3 Å². The molecule has 5 rings (SSSR count). The highest BCUT2D eigenvalue weighted by Crippen LogP contribution is 2.51. The highest BCUT2D eigenvalue weighted by Gasteiger charge is 2.53. The maximum Gasteiger partial charge on any atom is 0.223 e. The van der Waals surface area contributed by atoms with Crippen molar-refractivity contribution in [3.05, 3.63) is 47.9 Å². The Kier molecular flexibility index (Phi) is 4.79. The zero-order chi connectivity index (χ0) is 20.7. The lowest BCUT2D eigenvalue weighted by atomic mass is 10.1. The summed E-state index contributed by atoms with van der Waals surface area (Å²) >= 11 is 0. The van der Waals surface area contributed by atoms with Gasteiger partial charge in [-0.3, -0.25) is 9.78 Å². The van der Waals surface area contributed by atoms with Gasteiger partial charge in [-0.05, 0) is 31.4 Å². The molecule has 1 amide bonds. The first-order valence-corrected chi connectivity index (χ1v) is 10.5. The van der Waals surface area contributed by atoms with Crippen molar-refractivity contribution in [1.82, 2.24) is 14.9 Å². The van der Waals surface area contributed by atoms with Crippen LogP contribution in [0, 0.1) is 11.6 Å². The van der Waals surface area contributed by atoms with Gasteiger partial charge in [-0.15, -0.1) is 0 Å². The number of amides is 1. The lowest BCUT2D eigenvalue weighted by Gasteiger charge is -2.33. The van der Waals surface area contributed by atoms with Gasteiger partial charge in [0, 0.05) is 45.0 Å². The van der Waals surface area contributed by atoms with Crippen LogP contribution in [0.4, 0.5) is 14.6 Å². The van der Waals surface area contributed by atoms with E-state index in [1.165, 1.54) is 12.1 Å². The van der Waals surface area contributed by atoms with Crippen LogP contribution in [-0.2, 0) is 10.3 Å². The van der Waals surface area contributed by atoms with Crippen molar-refractivity contribution in [2.24, 2.45) is 0 Å². The quantitative estimate of drug-likeness (QED) is 0.751. The summed E-state index contributed by atoms with van der Waals surface area (Å²) in [7, 11) is 0. The van der Waals surface area contributed by atoms with Crippen LogP contribution in [0.2, 0.25) is 0 Å². The van der Waals surface area contributed by atoms with Crippen molar-refractivity contribution in [1.29, 1.82) is 0 Å². The summed E-state index contributed by atoms with van der Waals surface area (Å²) in [5.41, 5.74) is 0.644. The summed E-state index contributed by atoms with van der Waals surface area (Å²) in [5, 5.41) is 0. The molecule has 0 atom stereocenters. The molecule has 1 aromatic heterocycles. The smallest absolute Gasteiger partial charge is 0.223 e. The minimum Gasteiger partial charge on any atom is -0.487 e. The van der Waals surface area contributed by atoms with E-state index in [1.54, 1.807) is 6.20 Å². The summed E-state index contributed by atoms with van der Waals surface area (Å²) < 4.78 is 32.6. The maximum atomic E-state index is 13.8. The fourth-order valence-electron chi connectivity index (χ4n) is 4.56. The second kappa shape index (κ2) is 7.49. The first-order valence-electron chi connectivity index (χ1n) is 10.5. The molecule has 6 nitrogen and oxygen atoms in total. The molecular weight excluding hydrogens is 390 g/mol. The summed E-state index contributed by atoms with van der Waals surface area (Å²) in [5.74, 6) is -0.180. The number of piperidine rings is 1. The Balaban J connectivity index is 1.20. The number of benzene rings is 1. The lowest BCUT2D eigenvalue weighted by Crippen LogP contribution is -2.39. The third kappa shape index (κ3) is 3.48. The summed E-state index contributed by atoms with van der Waals surface area (Å²) in [6, 6.07) is 3.37. The summed E-state index contributed by atoms with van der Waals surface area (Å²) in [6.07, 6.45) is 8.37. The van der Waals surface area contributed by atoms with Crippen LogP contribution < -0.4 is 9.64 Å². The molecule has 0 spiro atoms. The Morgan fingerprint density at radius 3 is 2.47 bits per heavy atom. The molecule has 0 bridgehead atoms. The van der Waals surface area contributed by atoms with Crippen LogP contribution in [-0.4, -0.2) is 46.5 Å². The minimum absolute atomic E-state index is 0.0881. The van der Waals surface area contributed by atoms with Crippen LogP contribution in [0.25, 0.3) is 0 Å². The molecule has 3 aliphatic rings. The van der Waals surface area contributed by atoms with Crippen LogP contribution >= 0.6 is 0 Å². The molecular formula is C22H24F2N4O2. The first kappa shape index (κ1) is 19.2. The molecule has 8 heteroatoms. The number of anilines is 1. The van der Waals surface area contributed by atoms with E-state index < -0.39 is 11.6 Å². The van der Waals surface area contributed by atoms with Gasteiger partial charge in [0.15, 0.2) is 11.6 Å². The second-order valence-corrected chi connectivity index (χ2v) is 8.32. The van der Waals surface area contributed by atoms with E-state index in [-0.39, 0.29) is 23.3 Å². The van der Waals surface area contributed by atoms with Gasteiger partial charge < -0.3 is 14.5 Å². The van der Waals surface area contributed by atoms with Gasteiger partial charge in [0.1, 0.15) is 17.7 Å². The Bertz CT molecular complexity index is 941. The molecule has 2 aliphatic heterocycles. The number of ether oxygens (including phenoxy) is 1. The van der Waals surface area contributed by atoms with Crippen molar-refractivity contribution in [3.63, 3.8) is 0 Å². The molecule has 158 valence electrons. The monoisotopic (exact) mass is 414 g/mol. The topological polar surface area (TPSA) is 58.6 Å². The van der Waals surface area contributed by atoms with E-state index >= 15 is 0 Å². The molecule has 1 saturated carbocycles. The van der Waals surface area contributed by atoms with Gasteiger partial charge in [0.25, 0.3) is 0 Å².